The molecule has 0 aliphatic carbocycles. The third kappa shape index (κ3) is 5.41. The van der Waals surface area contributed by atoms with Gasteiger partial charge >= 0.3 is 0 Å². The van der Waals surface area contributed by atoms with Crippen molar-refractivity contribution < 1.29 is 13.2 Å². The van der Waals surface area contributed by atoms with Gasteiger partial charge in [0.2, 0.25) is 15.9 Å². The third-order valence-corrected chi connectivity index (χ3v) is 7.03. The summed E-state index contributed by atoms with van der Waals surface area (Å²) in [7, 11) is -3.54. The molecule has 0 saturated carbocycles. The topological polar surface area (TPSA) is 91.4 Å². The van der Waals surface area contributed by atoms with Gasteiger partial charge in [-0.1, -0.05) is 18.6 Å². The predicted molar refractivity (Wildman–Crippen MR) is 113 cm³/mol. The number of nitrogens with zero attached hydrogens (tertiary/aromatic N) is 2. The van der Waals surface area contributed by atoms with Gasteiger partial charge in [-0.3, -0.25) is 15.1 Å². The number of nitrogens with one attached hydrogen (secondary N) is 2. The lowest BCUT2D eigenvalue weighted by Crippen LogP contribution is -2.39. The maximum Gasteiger partial charge on any atom is 0.243 e. The lowest BCUT2D eigenvalue weighted by atomic mass is 10.1. The molecule has 29 heavy (non-hydrogen) atoms. The Morgan fingerprint density at radius 3 is 2.55 bits per heavy atom. The highest BCUT2D eigenvalue weighted by molar-refractivity contribution is 7.89. The Bertz CT molecular complexity index is 928. The SMILES string of the molecule is CC(NC(C)c1cccnc1)C(=O)Nc1cccc(S(=O)(=O)N2CCCCC2)c1. The molecule has 1 amide bonds. The molecule has 1 aromatic heterocycles. The molecule has 3 rings (SSSR count). The zero-order valence-corrected chi connectivity index (χ0v) is 17.7. The normalized spacial score (nSPS) is 17.4. The summed E-state index contributed by atoms with van der Waals surface area (Å²) in [6, 6.07) is 9.75. The maximum absolute atomic E-state index is 12.9. The van der Waals surface area contributed by atoms with E-state index in [0.29, 0.717) is 18.8 Å². The van der Waals surface area contributed by atoms with Gasteiger partial charge in [-0.2, -0.15) is 4.31 Å². The van der Waals surface area contributed by atoms with Gasteiger partial charge in [0.15, 0.2) is 0 Å². The van der Waals surface area contributed by atoms with Crippen LogP contribution in [0.1, 0.15) is 44.7 Å². The fourth-order valence-electron chi connectivity index (χ4n) is 3.42. The number of sulfonamides is 1. The van der Waals surface area contributed by atoms with E-state index >= 15 is 0 Å². The van der Waals surface area contributed by atoms with E-state index in [1.807, 2.05) is 19.1 Å². The molecular weight excluding hydrogens is 388 g/mol. The molecule has 2 atom stereocenters. The van der Waals surface area contributed by atoms with Gasteiger partial charge in [0.1, 0.15) is 0 Å². The zero-order valence-electron chi connectivity index (χ0n) is 16.8. The number of benzene rings is 1. The highest BCUT2D eigenvalue weighted by Gasteiger charge is 2.26. The van der Waals surface area contributed by atoms with Crippen molar-refractivity contribution in [2.75, 3.05) is 18.4 Å². The standard InChI is InChI=1S/C21H28N4O3S/c1-16(18-8-7-11-22-15-18)23-17(2)21(26)24-19-9-6-10-20(14-19)29(27,28)25-12-4-3-5-13-25/h6-11,14-17,23H,3-5,12-13H2,1-2H3,(H,24,26). The second-order valence-corrected chi connectivity index (χ2v) is 9.32. The van der Waals surface area contributed by atoms with E-state index in [0.717, 1.165) is 24.8 Å². The molecule has 2 heterocycles. The summed E-state index contributed by atoms with van der Waals surface area (Å²) in [4.78, 5) is 16.9. The number of piperidine rings is 1. The Labute approximate surface area is 172 Å². The van der Waals surface area contributed by atoms with Gasteiger partial charge in [0, 0.05) is 37.2 Å². The van der Waals surface area contributed by atoms with Crippen LogP contribution in [0.3, 0.4) is 0 Å². The van der Waals surface area contributed by atoms with Crippen LogP contribution >= 0.6 is 0 Å². The van der Waals surface area contributed by atoms with Gasteiger partial charge in [0.25, 0.3) is 0 Å². The van der Waals surface area contributed by atoms with Crippen LogP contribution in [-0.4, -0.2) is 42.7 Å². The van der Waals surface area contributed by atoms with Gasteiger partial charge in [0.05, 0.1) is 10.9 Å². The fraction of sp³-hybridized carbons (Fsp3) is 0.429. The van der Waals surface area contributed by atoms with Crippen molar-refractivity contribution in [1.82, 2.24) is 14.6 Å². The molecule has 156 valence electrons. The van der Waals surface area contributed by atoms with Crippen LogP contribution in [-0.2, 0) is 14.8 Å². The van der Waals surface area contributed by atoms with E-state index in [-0.39, 0.29) is 16.8 Å². The average Bonchev–Trinajstić information content (AvgIpc) is 2.75. The Hall–Kier alpha value is -2.29. The summed E-state index contributed by atoms with van der Waals surface area (Å²) in [5, 5.41) is 6.05. The molecule has 0 radical (unpaired) electrons. The summed E-state index contributed by atoms with van der Waals surface area (Å²) in [5.41, 5.74) is 1.46. The van der Waals surface area contributed by atoms with Crippen LogP contribution in [0.5, 0.6) is 0 Å². The summed E-state index contributed by atoms with van der Waals surface area (Å²) in [6.45, 7) is 4.83. The Morgan fingerprint density at radius 2 is 1.86 bits per heavy atom. The van der Waals surface area contributed by atoms with Gasteiger partial charge < -0.3 is 5.32 Å². The van der Waals surface area contributed by atoms with Gasteiger partial charge in [-0.15, -0.1) is 0 Å². The van der Waals surface area contributed by atoms with Crippen molar-refractivity contribution in [3.05, 3.63) is 54.4 Å². The summed E-state index contributed by atoms with van der Waals surface area (Å²) >= 11 is 0. The van der Waals surface area contributed by atoms with E-state index in [4.69, 9.17) is 0 Å². The lowest BCUT2D eigenvalue weighted by Gasteiger charge is -2.26. The predicted octanol–water partition coefficient (Wildman–Crippen LogP) is 2.93. The number of hydrogen-bond donors (Lipinski definition) is 2. The number of amides is 1. The number of hydrogen-bond acceptors (Lipinski definition) is 5. The van der Waals surface area contributed by atoms with Crippen LogP contribution in [0.25, 0.3) is 0 Å². The number of anilines is 1. The van der Waals surface area contributed by atoms with Crippen LogP contribution in [0, 0.1) is 0 Å². The molecule has 1 aromatic carbocycles. The average molecular weight is 417 g/mol. The Kier molecular flexibility index (Phi) is 7.00. The van der Waals surface area contributed by atoms with Crippen molar-refractivity contribution in [2.45, 2.75) is 50.1 Å². The van der Waals surface area contributed by atoms with E-state index in [1.54, 1.807) is 37.5 Å². The summed E-state index contributed by atoms with van der Waals surface area (Å²) in [6.07, 6.45) is 6.29. The minimum atomic E-state index is -3.54. The Morgan fingerprint density at radius 1 is 1.10 bits per heavy atom. The molecule has 0 bridgehead atoms. The largest absolute Gasteiger partial charge is 0.325 e. The fourth-order valence-corrected chi connectivity index (χ4v) is 4.98. The van der Waals surface area contributed by atoms with Crippen molar-refractivity contribution in [1.29, 1.82) is 0 Å². The molecular formula is C21H28N4O3S. The zero-order chi connectivity index (χ0) is 20.9. The first kappa shape index (κ1) is 21.4. The maximum atomic E-state index is 12.9. The van der Waals surface area contributed by atoms with Gasteiger partial charge in [-0.05, 0) is 56.5 Å². The number of carbonyl (C=O) groups excluding carboxylic acids is 1. The monoisotopic (exact) mass is 416 g/mol. The number of aromatic nitrogens is 1. The second-order valence-electron chi connectivity index (χ2n) is 7.38. The van der Waals surface area contributed by atoms with Crippen molar-refractivity contribution in [3.8, 4) is 0 Å². The van der Waals surface area contributed by atoms with Crippen molar-refractivity contribution >= 4 is 21.6 Å². The van der Waals surface area contributed by atoms with Crippen LogP contribution in [0.15, 0.2) is 53.7 Å². The molecule has 2 unspecified atom stereocenters. The van der Waals surface area contributed by atoms with Crippen LogP contribution in [0.4, 0.5) is 5.69 Å². The summed E-state index contributed by atoms with van der Waals surface area (Å²) < 4.78 is 27.2. The molecule has 8 heteroatoms. The minimum absolute atomic E-state index is 0.0461. The van der Waals surface area contributed by atoms with Crippen LogP contribution in [0.2, 0.25) is 0 Å². The number of pyridine rings is 1. The van der Waals surface area contributed by atoms with Crippen molar-refractivity contribution in [3.63, 3.8) is 0 Å². The molecule has 1 fully saturated rings. The quantitative estimate of drug-likeness (QED) is 0.724. The smallest absolute Gasteiger partial charge is 0.243 e. The molecule has 1 aliphatic heterocycles. The molecule has 1 aliphatic rings. The first-order chi connectivity index (χ1) is 13.9. The number of carbonyl (C=O) groups is 1. The highest BCUT2D eigenvalue weighted by Crippen LogP contribution is 2.23. The Balaban J connectivity index is 1.65. The van der Waals surface area contributed by atoms with Crippen LogP contribution < -0.4 is 10.6 Å². The number of rotatable bonds is 7. The van der Waals surface area contributed by atoms with E-state index in [1.165, 1.54) is 10.4 Å². The molecule has 2 aromatic rings. The first-order valence-corrected chi connectivity index (χ1v) is 11.4. The molecule has 1 saturated heterocycles. The molecule has 7 nitrogen and oxygen atoms in total. The first-order valence-electron chi connectivity index (χ1n) is 9.95. The third-order valence-electron chi connectivity index (χ3n) is 5.13. The van der Waals surface area contributed by atoms with E-state index in [9.17, 15) is 13.2 Å². The van der Waals surface area contributed by atoms with E-state index in [2.05, 4.69) is 15.6 Å². The van der Waals surface area contributed by atoms with Gasteiger partial charge in [-0.25, -0.2) is 8.42 Å². The summed E-state index contributed by atoms with van der Waals surface area (Å²) in [5.74, 6) is -0.228. The van der Waals surface area contributed by atoms with Crippen molar-refractivity contribution in [2.24, 2.45) is 0 Å². The van der Waals surface area contributed by atoms with E-state index < -0.39 is 16.1 Å². The molecule has 0 spiro atoms. The lowest BCUT2D eigenvalue weighted by molar-refractivity contribution is -0.117. The second kappa shape index (κ2) is 9.47. The minimum Gasteiger partial charge on any atom is -0.325 e. The highest BCUT2D eigenvalue weighted by atomic mass is 32.2. The molecule has 2 N–H and O–H groups in total.